The predicted octanol–water partition coefficient (Wildman–Crippen LogP) is 20.7. The van der Waals surface area contributed by atoms with Crippen molar-refractivity contribution in [3.63, 3.8) is 0 Å². The molecular weight excluding hydrogens is 1030 g/mol. The zero-order valence-corrected chi connectivity index (χ0v) is 46.3. The third-order valence-corrected chi connectivity index (χ3v) is 20.5. The van der Waals surface area contributed by atoms with Gasteiger partial charge in [-0.1, -0.05) is 231 Å². The van der Waals surface area contributed by atoms with Crippen molar-refractivity contribution in [1.29, 1.82) is 0 Å². The van der Waals surface area contributed by atoms with Crippen molar-refractivity contribution < 1.29 is 0 Å². The van der Waals surface area contributed by atoms with Crippen LogP contribution in [0.5, 0.6) is 0 Å². The van der Waals surface area contributed by atoms with Gasteiger partial charge in [0.15, 0.2) is 0 Å². The lowest BCUT2D eigenvalue weighted by Gasteiger charge is -2.30. The van der Waals surface area contributed by atoms with Gasteiger partial charge in [0.25, 0.3) is 0 Å². The molecule has 19 rings (SSSR count). The molecule has 2 spiro atoms. The second-order valence-corrected chi connectivity index (χ2v) is 24.2. The van der Waals surface area contributed by atoms with Crippen LogP contribution in [0.4, 0.5) is 0 Å². The van der Waals surface area contributed by atoms with Crippen LogP contribution in [0.1, 0.15) is 44.5 Å². The van der Waals surface area contributed by atoms with Crippen LogP contribution >= 0.6 is 11.3 Å². The van der Waals surface area contributed by atoms with Crippen LogP contribution in [-0.4, -0.2) is 9.55 Å². The number of hydrogen-bond donors (Lipinski definition) is 0. The molecule has 0 saturated heterocycles. The van der Waals surface area contributed by atoms with Gasteiger partial charge in [0.05, 0.1) is 21.9 Å². The molecule has 0 amide bonds. The minimum absolute atomic E-state index is 0.416. The quantitative estimate of drug-likeness (QED) is 0.168. The van der Waals surface area contributed by atoms with Crippen molar-refractivity contribution >= 4 is 42.5 Å². The standard InChI is InChI=1S/C81H48N2S/c1-2-18-55(19-3-1)83-76-33-17-16-32-75(76)82-79(83)50-36-34-49(35-37-50)64-45-54(53-39-42-63-61-25-9-15-31-72(61)81(74(63)48-53)69-28-12-6-22-58(69)59-23-7-13-29-70(59)81)46-66-65-44-51(40-43-77(65)84-78(64)66)52-38-41-62-60-24-8-14-30-71(60)80(73(62)47-52)67-26-10-4-20-56(67)57-21-5-11-27-68(57)80/h1-48H. The minimum Gasteiger partial charge on any atom is -0.292 e. The van der Waals surface area contributed by atoms with Crippen LogP contribution in [0.25, 0.3) is 126 Å². The fourth-order valence-corrected chi connectivity index (χ4v) is 17.0. The number of aromatic nitrogens is 2. The van der Waals surface area contributed by atoms with E-state index in [0.29, 0.717) is 0 Å². The first-order valence-corrected chi connectivity index (χ1v) is 30.0. The van der Waals surface area contributed by atoms with Crippen molar-refractivity contribution in [2.24, 2.45) is 0 Å². The van der Waals surface area contributed by atoms with E-state index in [9.17, 15) is 0 Å². The lowest BCUT2D eigenvalue weighted by atomic mass is 9.70. The van der Waals surface area contributed by atoms with Crippen LogP contribution in [0, 0.1) is 0 Å². The van der Waals surface area contributed by atoms with Crippen molar-refractivity contribution in [3.8, 4) is 95.0 Å². The van der Waals surface area contributed by atoms with Crippen molar-refractivity contribution in [1.82, 2.24) is 9.55 Å². The number of hydrogen-bond acceptors (Lipinski definition) is 2. The van der Waals surface area contributed by atoms with E-state index in [2.05, 4.69) is 296 Å². The van der Waals surface area contributed by atoms with Gasteiger partial charge in [-0.25, -0.2) is 4.98 Å². The maximum atomic E-state index is 5.26. The van der Waals surface area contributed by atoms with Gasteiger partial charge >= 0.3 is 0 Å². The van der Waals surface area contributed by atoms with E-state index in [1.807, 2.05) is 11.3 Å². The van der Waals surface area contributed by atoms with Crippen LogP contribution < -0.4 is 0 Å². The average Bonchev–Trinajstić information content (AvgIpc) is 1.62. The van der Waals surface area contributed by atoms with Gasteiger partial charge in [-0.15, -0.1) is 11.3 Å². The van der Waals surface area contributed by atoms with Gasteiger partial charge in [0.1, 0.15) is 5.82 Å². The zero-order valence-electron chi connectivity index (χ0n) is 45.5. The Morgan fingerprint density at radius 2 is 0.667 bits per heavy atom. The highest BCUT2D eigenvalue weighted by Crippen LogP contribution is 2.65. The summed E-state index contributed by atoms with van der Waals surface area (Å²) in [5.74, 6) is 0.924. The third kappa shape index (κ3) is 6.00. The number of benzene rings is 13. The number of rotatable bonds is 5. The highest BCUT2D eigenvalue weighted by atomic mass is 32.1. The SMILES string of the molecule is c1ccc(-n2c(-c3ccc(-c4cc(-c5ccc6c(c5)C5(c7ccccc7-c7ccccc75)c5ccccc5-6)cc5c4sc4ccc(-c6ccc7c(c6)C6(c8ccccc8-c8ccccc86)c6ccccc6-7)cc45)cc3)nc3ccccc32)cc1. The summed E-state index contributed by atoms with van der Waals surface area (Å²) in [6.45, 7) is 0. The molecule has 0 atom stereocenters. The molecule has 0 radical (unpaired) electrons. The normalized spacial score (nSPS) is 13.9. The van der Waals surface area contributed by atoms with E-state index in [1.54, 1.807) is 0 Å². The molecule has 0 unspecified atom stereocenters. The second-order valence-electron chi connectivity index (χ2n) is 23.2. The van der Waals surface area contributed by atoms with E-state index in [1.165, 1.54) is 143 Å². The van der Waals surface area contributed by atoms with Crippen LogP contribution in [0.15, 0.2) is 291 Å². The summed E-state index contributed by atoms with van der Waals surface area (Å²) in [5.41, 5.74) is 31.9. The minimum atomic E-state index is -0.448. The Hall–Kier alpha value is -10.5. The molecule has 0 N–H and O–H groups in total. The lowest BCUT2D eigenvalue weighted by Crippen LogP contribution is -2.25. The Morgan fingerprint density at radius 3 is 1.19 bits per heavy atom. The van der Waals surface area contributed by atoms with Gasteiger partial charge in [-0.05, 0) is 177 Å². The highest BCUT2D eigenvalue weighted by molar-refractivity contribution is 7.26. The van der Waals surface area contributed by atoms with E-state index in [-0.39, 0.29) is 0 Å². The summed E-state index contributed by atoms with van der Waals surface area (Å²) in [7, 11) is 0. The van der Waals surface area contributed by atoms with E-state index in [4.69, 9.17) is 4.98 Å². The Bertz CT molecular complexity index is 5200. The first-order valence-electron chi connectivity index (χ1n) is 29.2. The van der Waals surface area contributed by atoms with Gasteiger partial charge in [0, 0.05) is 37.0 Å². The molecule has 0 aliphatic heterocycles. The summed E-state index contributed by atoms with van der Waals surface area (Å²) in [6, 6.07) is 110. The largest absolute Gasteiger partial charge is 0.292 e. The number of nitrogens with zero attached hydrogens (tertiary/aromatic N) is 2. The topological polar surface area (TPSA) is 17.8 Å². The molecule has 2 aromatic heterocycles. The molecule has 84 heavy (non-hydrogen) atoms. The molecule has 388 valence electrons. The van der Waals surface area contributed by atoms with Gasteiger partial charge in [-0.2, -0.15) is 0 Å². The predicted molar refractivity (Wildman–Crippen MR) is 348 cm³/mol. The highest BCUT2D eigenvalue weighted by Gasteiger charge is 2.53. The van der Waals surface area contributed by atoms with Gasteiger partial charge < -0.3 is 0 Å². The molecule has 3 heteroatoms. The Kier molecular flexibility index (Phi) is 9.38. The van der Waals surface area contributed by atoms with Crippen LogP contribution in [-0.2, 0) is 10.8 Å². The molecule has 0 saturated carbocycles. The third-order valence-electron chi connectivity index (χ3n) is 19.3. The first kappa shape index (κ1) is 46.2. The van der Waals surface area contributed by atoms with Gasteiger partial charge in [-0.3, -0.25) is 4.57 Å². The average molecular weight is 1080 g/mol. The van der Waals surface area contributed by atoms with Crippen molar-refractivity contribution in [2.75, 3.05) is 0 Å². The van der Waals surface area contributed by atoms with Gasteiger partial charge in [0.2, 0.25) is 0 Å². The fraction of sp³-hybridized carbons (Fsp3) is 0.0247. The second kappa shape index (κ2) is 17.1. The molecule has 13 aromatic carbocycles. The molecule has 4 aliphatic rings. The first-order chi connectivity index (χ1) is 41.6. The zero-order chi connectivity index (χ0) is 54.8. The summed E-state index contributed by atoms with van der Waals surface area (Å²) < 4.78 is 4.84. The summed E-state index contributed by atoms with van der Waals surface area (Å²) >= 11 is 1.90. The maximum Gasteiger partial charge on any atom is 0.145 e. The number of fused-ring (bicyclic) bond motifs is 24. The van der Waals surface area contributed by atoms with Crippen LogP contribution in [0.3, 0.4) is 0 Å². The Labute approximate surface area is 490 Å². The molecule has 0 fully saturated rings. The number of para-hydroxylation sites is 3. The summed E-state index contributed by atoms with van der Waals surface area (Å²) in [4.78, 5) is 5.26. The molecule has 2 heterocycles. The van der Waals surface area contributed by atoms with Crippen molar-refractivity contribution in [3.05, 3.63) is 336 Å². The van der Waals surface area contributed by atoms with E-state index >= 15 is 0 Å². The monoisotopic (exact) mass is 1080 g/mol. The van der Waals surface area contributed by atoms with Crippen LogP contribution in [0.2, 0.25) is 0 Å². The lowest BCUT2D eigenvalue weighted by molar-refractivity contribution is 0.794. The molecule has 0 bridgehead atoms. The molecular formula is C81H48N2S. The van der Waals surface area contributed by atoms with E-state index in [0.717, 1.165) is 28.1 Å². The fourth-order valence-electron chi connectivity index (χ4n) is 15.8. The number of thiophene rings is 1. The maximum absolute atomic E-state index is 5.26. The van der Waals surface area contributed by atoms with E-state index < -0.39 is 10.8 Å². The summed E-state index contributed by atoms with van der Waals surface area (Å²) in [6.07, 6.45) is 0. The molecule has 4 aliphatic carbocycles. The molecule has 2 nitrogen and oxygen atoms in total. The smallest absolute Gasteiger partial charge is 0.145 e. The Balaban J connectivity index is 0.819. The number of imidazole rings is 1. The Morgan fingerprint density at radius 1 is 0.274 bits per heavy atom. The summed E-state index contributed by atoms with van der Waals surface area (Å²) in [5, 5.41) is 2.53. The van der Waals surface area contributed by atoms with Crippen molar-refractivity contribution in [2.45, 2.75) is 10.8 Å². The molecule has 15 aromatic rings.